The quantitative estimate of drug-likeness (QED) is 0.852. The summed E-state index contributed by atoms with van der Waals surface area (Å²) in [5.74, 6) is 0.192. The predicted octanol–water partition coefficient (Wildman–Crippen LogP) is 2.61. The number of para-hydroxylation sites is 1. The van der Waals surface area contributed by atoms with E-state index in [0.29, 0.717) is 12.2 Å². The zero-order valence-electron chi connectivity index (χ0n) is 15.4. The Morgan fingerprint density at radius 1 is 1.15 bits per heavy atom. The lowest BCUT2D eigenvalue weighted by atomic mass is 10.1. The second-order valence-electron chi connectivity index (χ2n) is 7.30. The molecule has 1 saturated carbocycles. The van der Waals surface area contributed by atoms with Crippen LogP contribution in [-0.4, -0.2) is 48.5 Å². The van der Waals surface area contributed by atoms with Crippen molar-refractivity contribution in [3.63, 3.8) is 0 Å². The molecule has 142 valence electrons. The van der Waals surface area contributed by atoms with Crippen LogP contribution >= 0.6 is 0 Å². The van der Waals surface area contributed by atoms with E-state index in [-0.39, 0.29) is 23.7 Å². The number of aromatic nitrogens is 1. The van der Waals surface area contributed by atoms with E-state index in [1.54, 1.807) is 12.3 Å². The van der Waals surface area contributed by atoms with Crippen molar-refractivity contribution in [3.05, 3.63) is 60.2 Å². The van der Waals surface area contributed by atoms with Gasteiger partial charge in [0.1, 0.15) is 5.82 Å². The van der Waals surface area contributed by atoms with Crippen molar-refractivity contribution in [1.82, 2.24) is 15.2 Å². The molecule has 1 aliphatic carbocycles. The minimum atomic E-state index is -0.175. The summed E-state index contributed by atoms with van der Waals surface area (Å²) in [6.45, 7) is 3.73. The maximum absolute atomic E-state index is 14.1. The monoisotopic (exact) mass is 368 g/mol. The number of nitrogens with zero attached hydrogens (tertiary/aromatic N) is 3. The zero-order chi connectivity index (χ0) is 18.6. The Balaban J connectivity index is 1.43. The van der Waals surface area contributed by atoms with E-state index in [1.165, 1.54) is 6.07 Å². The number of hydrogen-bond donors (Lipinski definition) is 1. The molecular formula is C21H25FN4O. The Labute approximate surface area is 159 Å². The van der Waals surface area contributed by atoms with Crippen molar-refractivity contribution >= 4 is 11.6 Å². The fraction of sp³-hybridized carbons (Fsp3) is 0.429. The second-order valence-corrected chi connectivity index (χ2v) is 7.30. The van der Waals surface area contributed by atoms with E-state index in [2.05, 4.69) is 26.2 Å². The molecule has 1 aromatic heterocycles. The minimum absolute atomic E-state index is 0.0872. The van der Waals surface area contributed by atoms with E-state index in [0.717, 1.165) is 44.6 Å². The first-order valence-corrected chi connectivity index (χ1v) is 9.63. The van der Waals surface area contributed by atoms with Gasteiger partial charge in [-0.3, -0.25) is 14.7 Å². The molecule has 5 nitrogen and oxygen atoms in total. The van der Waals surface area contributed by atoms with Gasteiger partial charge in [-0.2, -0.15) is 0 Å². The Kier molecular flexibility index (Phi) is 5.34. The number of carbonyl (C=O) groups is 1. The first-order valence-electron chi connectivity index (χ1n) is 9.63. The van der Waals surface area contributed by atoms with E-state index in [1.807, 2.05) is 24.4 Å². The molecule has 27 heavy (non-hydrogen) atoms. The number of benzene rings is 1. The van der Waals surface area contributed by atoms with Crippen molar-refractivity contribution in [2.24, 2.45) is 5.92 Å². The lowest BCUT2D eigenvalue weighted by Gasteiger charge is -2.40. The third-order valence-corrected chi connectivity index (χ3v) is 5.44. The van der Waals surface area contributed by atoms with E-state index >= 15 is 0 Å². The average molecular weight is 368 g/mol. The summed E-state index contributed by atoms with van der Waals surface area (Å²) in [4.78, 5) is 20.8. The van der Waals surface area contributed by atoms with Crippen LogP contribution in [0.5, 0.6) is 0 Å². The van der Waals surface area contributed by atoms with Crippen molar-refractivity contribution in [3.8, 4) is 0 Å². The molecule has 1 atom stereocenters. The van der Waals surface area contributed by atoms with Crippen LogP contribution in [0.25, 0.3) is 0 Å². The molecular weight excluding hydrogens is 343 g/mol. The average Bonchev–Trinajstić information content (AvgIpc) is 3.55. The largest absolute Gasteiger partial charge is 0.367 e. The maximum atomic E-state index is 14.1. The van der Waals surface area contributed by atoms with Crippen molar-refractivity contribution in [1.29, 1.82) is 0 Å². The van der Waals surface area contributed by atoms with Crippen LogP contribution in [0.4, 0.5) is 10.1 Å². The highest BCUT2D eigenvalue weighted by Gasteiger charge is 2.31. The number of amides is 1. The fourth-order valence-corrected chi connectivity index (χ4v) is 3.70. The Hall–Kier alpha value is -2.47. The summed E-state index contributed by atoms with van der Waals surface area (Å²) < 4.78 is 14.1. The smallest absolute Gasteiger partial charge is 0.223 e. The number of carbonyl (C=O) groups excluding carboxylic acids is 1. The van der Waals surface area contributed by atoms with Gasteiger partial charge in [0.05, 0.1) is 11.7 Å². The van der Waals surface area contributed by atoms with Crippen LogP contribution in [-0.2, 0) is 4.79 Å². The van der Waals surface area contributed by atoms with Gasteiger partial charge in [0.25, 0.3) is 0 Å². The number of nitrogens with one attached hydrogen (secondary N) is 1. The number of hydrogen-bond acceptors (Lipinski definition) is 4. The first kappa shape index (κ1) is 17.9. The van der Waals surface area contributed by atoms with Crippen LogP contribution in [0.2, 0.25) is 0 Å². The molecule has 0 bridgehead atoms. The topological polar surface area (TPSA) is 48.5 Å². The first-order chi connectivity index (χ1) is 13.2. The van der Waals surface area contributed by atoms with E-state index < -0.39 is 0 Å². The van der Waals surface area contributed by atoms with Gasteiger partial charge in [-0.1, -0.05) is 18.2 Å². The molecule has 2 aliphatic rings. The summed E-state index contributed by atoms with van der Waals surface area (Å²) in [6.07, 6.45) is 5.64. The Bertz CT molecular complexity index is 773. The molecule has 0 spiro atoms. The van der Waals surface area contributed by atoms with Crippen molar-refractivity contribution < 1.29 is 9.18 Å². The van der Waals surface area contributed by atoms with E-state index in [4.69, 9.17) is 0 Å². The number of piperazine rings is 1. The lowest BCUT2D eigenvalue weighted by Crippen LogP contribution is -2.50. The molecule has 2 heterocycles. The highest BCUT2D eigenvalue weighted by atomic mass is 19.1. The van der Waals surface area contributed by atoms with Crippen molar-refractivity contribution in [2.45, 2.75) is 18.9 Å². The molecule has 1 saturated heterocycles. The number of pyridine rings is 1. The molecule has 1 aromatic carbocycles. The van der Waals surface area contributed by atoms with Gasteiger partial charge in [-0.25, -0.2) is 4.39 Å². The van der Waals surface area contributed by atoms with Gasteiger partial charge in [-0.15, -0.1) is 0 Å². The second kappa shape index (κ2) is 8.05. The maximum Gasteiger partial charge on any atom is 0.223 e. The summed E-state index contributed by atoms with van der Waals surface area (Å²) >= 11 is 0. The molecule has 1 unspecified atom stereocenters. The number of halogens is 1. The molecule has 2 aromatic rings. The third kappa shape index (κ3) is 4.27. The highest BCUT2D eigenvalue weighted by Crippen LogP contribution is 2.29. The Morgan fingerprint density at radius 2 is 1.93 bits per heavy atom. The van der Waals surface area contributed by atoms with Crippen LogP contribution in [0.15, 0.2) is 48.8 Å². The molecule has 1 amide bonds. The van der Waals surface area contributed by atoms with E-state index in [9.17, 15) is 9.18 Å². The zero-order valence-corrected chi connectivity index (χ0v) is 15.4. The van der Waals surface area contributed by atoms with Gasteiger partial charge < -0.3 is 10.2 Å². The van der Waals surface area contributed by atoms with Gasteiger partial charge >= 0.3 is 0 Å². The van der Waals surface area contributed by atoms with Crippen LogP contribution in [0, 0.1) is 11.7 Å². The minimum Gasteiger partial charge on any atom is -0.367 e. The third-order valence-electron chi connectivity index (χ3n) is 5.44. The fourth-order valence-electron chi connectivity index (χ4n) is 3.70. The van der Waals surface area contributed by atoms with Crippen LogP contribution in [0.1, 0.15) is 24.4 Å². The van der Waals surface area contributed by atoms with Gasteiger partial charge in [0.2, 0.25) is 5.91 Å². The number of rotatable bonds is 6. The lowest BCUT2D eigenvalue weighted by molar-refractivity contribution is -0.122. The molecule has 1 aliphatic heterocycles. The van der Waals surface area contributed by atoms with Crippen molar-refractivity contribution in [2.75, 3.05) is 37.6 Å². The summed E-state index contributed by atoms with van der Waals surface area (Å²) in [5.41, 5.74) is 1.77. The van der Waals surface area contributed by atoms with Gasteiger partial charge in [0.15, 0.2) is 0 Å². The van der Waals surface area contributed by atoms with Gasteiger partial charge in [-0.05, 0) is 36.6 Å². The molecule has 6 heteroatoms. The normalized spacial score (nSPS) is 18.9. The van der Waals surface area contributed by atoms with Crippen LogP contribution in [0.3, 0.4) is 0 Å². The Morgan fingerprint density at radius 3 is 2.59 bits per heavy atom. The molecule has 0 radical (unpaired) electrons. The standard InChI is InChI=1S/C21H25FN4O/c22-18-5-1-2-6-19(18)25-10-12-26(13-11-25)20(17-4-3-9-23-14-17)15-24-21(27)16-7-8-16/h1-6,9,14,16,20H,7-8,10-13,15H2,(H,24,27). The molecule has 1 N–H and O–H groups in total. The summed E-state index contributed by atoms with van der Waals surface area (Å²) in [7, 11) is 0. The predicted molar refractivity (Wildman–Crippen MR) is 103 cm³/mol. The highest BCUT2D eigenvalue weighted by molar-refractivity contribution is 5.80. The summed E-state index contributed by atoms with van der Waals surface area (Å²) in [6, 6.07) is 11.0. The molecule has 4 rings (SSSR count). The summed E-state index contributed by atoms with van der Waals surface area (Å²) in [5, 5.41) is 3.11. The van der Waals surface area contributed by atoms with Crippen LogP contribution < -0.4 is 10.2 Å². The van der Waals surface area contributed by atoms with Gasteiger partial charge in [0, 0.05) is 51.0 Å². The molecule has 2 fully saturated rings. The SMILES string of the molecule is O=C(NCC(c1cccnc1)N1CCN(c2ccccc2F)CC1)C1CC1. The number of anilines is 1.